The molecular weight excluding hydrogens is 297 g/mol. The van der Waals surface area contributed by atoms with Crippen molar-refractivity contribution in [3.63, 3.8) is 0 Å². The predicted octanol–water partition coefficient (Wildman–Crippen LogP) is 5.72. The fourth-order valence-corrected chi connectivity index (χ4v) is 3.68. The lowest BCUT2D eigenvalue weighted by Gasteiger charge is -2.31. The highest BCUT2D eigenvalue weighted by molar-refractivity contribution is 5.63. The zero-order valence-corrected chi connectivity index (χ0v) is 14.8. The van der Waals surface area contributed by atoms with Crippen LogP contribution in [0.3, 0.4) is 0 Å². The first kappa shape index (κ1) is 17.2. The summed E-state index contributed by atoms with van der Waals surface area (Å²) in [7, 11) is 0. The van der Waals surface area contributed by atoms with E-state index in [1.807, 2.05) is 12.1 Å². The summed E-state index contributed by atoms with van der Waals surface area (Å²) in [6.45, 7) is 8.41. The van der Waals surface area contributed by atoms with E-state index in [1.165, 1.54) is 56.6 Å². The van der Waals surface area contributed by atoms with Gasteiger partial charge in [0, 0.05) is 6.54 Å². The molecule has 128 valence electrons. The summed E-state index contributed by atoms with van der Waals surface area (Å²) in [6.07, 6.45) is 3.95. The standard InChI is InChI=1S/C22H28FN/c1-17-4-3-14-24(16-17)15-13-18(2)19-5-7-20(8-6-19)21-9-11-22(23)12-10-21/h5-12,17-18H,3-4,13-16H2,1-2H3. The number of halogens is 1. The minimum Gasteiger partial charge on any atom is -0.303 e. The van der Waals surface area contributed by atoms with Gasteiger partial charge >= 0.3 is 0 Å². The lowest BCUT2D eigenvalue weighted by Crippen LogP contribution is -2.35. The quantitative estimate of drug-likeness (QED) is 0.680. The molecule has 2 aromatic rings. The van der Waals surface area contributed by atoms with Gasteiger partial charge in [-0.25, -0.2) is 4.39 Å². The van der Waals surface area contributed by atoms with E-state index >= 15 is 0 Å². The third kappa shape index (κ3) is 4.45. The molecule has 2 atom stereocenters. The van der Waals surface area contributed by atoms with E-state index < -0.39 is 0 Å². The third-order valence-electron chi connectivity index (χ3n) is 5.28. The van der Waals surface area contributed by atoms with Gasteiger partial charge in [-0.05, 0) is 73.0 Å². The van der Waals surface area contributed by atoms with Gasteiger partial charge in [-0.3, -0.25) is 0 Å². The number of hydrogen-bond acceptors (Lipinski definition) is 1. The lowest BCUT2D eigenvalue weighted by molar-refractivity contribution is 0.179. The Bertz CT molecular complexity index is 632. The number of nitrogens with zero attached hydrogens (tertiary/aromatic N) is 1. The molecule has 2 unspecified atom stereocenters. The molecule has 0 N–H and O–H groups in total. The zero-order chi connectivity index (χ0) is 16.9. The van der Waals surface area contributed by atoms with Gasteiger partial charge in [0.2, 0.25) is 0 Å². The molecule has 2 heteroatoms. The van der Waals surface area contributed by atoms with Gasteiger partial charge in [0.1, 0.15) is 5.82 Å². The van der Waals surface area contributed by atoms with Crippen LogP contribution in [-0.2, 0) is 0 Å². The van der Waals surface area contributed by atoms with E-state index in [1.54, 1.807) is 0 Å². The maximum absolute atomic E-state index is 13.0. The predicted molar refractivity (Wildman–Crippen MR) is 99.7 cm³/mol. The van der Waals surface area contributed by atoms with Crippen molar-refractivity contribution >= 4 is 0 Å². The summed E-state index contributed by atoms with van der Waals surface area (Å²) < 4.78 is 13.0. The molecule has 0 aliphatic carbocycles. The van der Waals surface area contributed by atoms with E-state index in [9.17, 15) is 4.39 Å². The van der Waals surface area contributed by atoms with Crippen LogP contribution in [0, 0.1) is 11.7 Å². The summed E-state index contributed by atoms with van der Waals surface area (Å²) in [4.78, 5) is 2.62. The van der Waals surface area contributed by atoms with Crippen LogP contribution in [0.1, 0.15) is 44.6 Å². The van der Waals surface area contributed by atoms with Crippen LogP contribution in [0.15, 0.2) is 48.5 Å². The molecule has 1 fully saturated rings. The number of likely N-dealkylation sites (tertiary alicyclic amines) is 1. The second kappa shape index (κ2) is 7.94. The smallest absolute Gasteiger partial charge is 0.123 e. The number of hydrogen-bond donors (Lipinski definition) is 0. The van der Waals surface area contributed by atoms with Crippen LogP contribution in [-0.4, -0.2) is 24.5 Å². The van der Waals surface area contributed by atoms with Crippen molar-refractivity contribution in [3.8, 4) is 11.1 Å². The van der Waals surface area contributed by atoms with E-state index in [0.717, 1.165) is 17.0 Å². The number of rotatable bonds is 5. The normalized spacial score (nSPS) is 20.0. The monoisotopic (exact) mass is 325 g/mol. The van der Waals surface area contributed by atoms with Crippen molar-refractivity contribution in [1.29, 1.82) is 0 Å². The van der Waals surface area contributed by atoms with Gasteiger partial charge in [0.25, 0.3) is 0 Å². The molecular formula is C22H28FN. The van der Waals surface area contributed by atoms with E-state index in [0.29, 0.717) is 5.92 Å². The molecule has 0 aromatic heterocycles. The number of piperidine rings is 1. The first-order valence-electron chi connectivity index (χ1n) is 9.20. The summed E-state index contributed by atoms with van der Waals surface area (Å²) in [5, 5.41) is 0. The van der Waals surface area contributed by atoms with Crippen molar-refractivity contribution in [2.75, 3.05) is 19.6 Å². The van der Waals surface area contributed by atoms with Gasteiger partial charge < -0.3 is 4.90 Å². The summed E-state index contributed by atoms with van der Waals surface area (Å²) >= 11 is 0. The summed E-state index contributed by atoms with van der Waals surface area (Å²) in [5.41, 5.74) is 3.61. The summed E-state index contributed by atoms with van der Waals surface area (Å²) in [5.74, 6) is 1.24. The largest absolute Gasteiger partial charge is 0.303 e. The van der Waals surface area contributed by atoms with Crippen molar-refractivity contribution in [1.82, 2.24) is 4.90 Å². The molecule has 24 heavy (non-hydrogen) atoms. The Morgan fingerprint density at radius 2 is 1.67 bits per heavy atom. The van der Waals surface area contributed by atoms with Crippen LogP contribution < -0.4 is 0 Å². The SMILES string of the molecule is CC1CCCN(CCC(C)c2ccc(-c3ccc(F)cc3)cc2)C1. The van der Waals surface area contributed by atoms with E-state index in [-0.39, 0.29) is 5.82 Å². The Morgan fingerprint density at radius 1 is 1.04 bits per heavy atom. The topological polar surface area (TPSA) is 3.24 Å². The highest BCUT2D eigenvalue weighted by Crippen LogP contribution is 2.25. The Morgan fingerprint density at radius 3 is 2.29 bits per heavy atom. The molecule has 0 saturated carbocycles. The van der Waals surface area contributed by atoms with E-state index in [2.05, 4.69) is 43.0 Å². The van der Waals surface area contributed by atoms with Gasteiger partial charge in [0.15, 0.2) is 0 Å². The summed E-state index contributed by atoms with van der Waals surface area (Å²) in [6, 6.07) is 15.5. The first-order chi connectivity index (χ1) is 11.6. The van der Waals surface area contributed by atoms with Crippen LogP contribution in [0.4, 0.5) is 4.39 Å². The minimum atomic E-state index is -0.184. The first-order valence-corrected chi connectivity index (χ1v) is 9.20. The van der Waals surface area contributed by atoms with Crippen LogP contribution in [0.25, 0.3) is 11.1 Å². The maximum atomic E-state index is 13.0. The van der Waals surface area contributed by atoms with Crippen LogP contribution >= 0.6 is 0 Å². The average molecular weight is 325 g/mol. The Hall–Kier alpha value is -1.67. The van der Waals surface area contributed by atoms with Crippen molar-refractivity contribution in [2.45, 2.75) is 39.0 Å². The zero-order valence-electron chi connectivity index (χ0n) is 14.8. The fraction of sp³-hybridized carbons (Fsp3) is 0.455. The molecule has 0 spiro atoms. The van der Waals surface area contributed by atoms with Gasteiger partial charge in [-0.15, -0.1) is 0 Å². The van der Waals surface area contributed by atoms with Crippen LogP contribution in [0.5, 0.6) is 0 Å². The van der Waals surface area contributed by atoms with Gasteiger partial charge in [0.05, 0.1) is 0 Å². The molecule has 1 saturated heterocycles. The fourth-order valence-electron chi connectivity index (χ4n) is 3.68. The van der Waals surface area contributed by atoms with E-state index in [4.69, 9.17) is 0 Å². The lowest BCUT2D eigenvalue weighted by atomic mass is 9.94. The molecule has 1 nitrogen and oxygen atoms in total. The molecule has 3 rings (SSSR count). The molecule has 1 aliphatic rings. The average Bonchev–Trinajstić information content (AvgIpc) is 2.61. The van der Waals surface area contributed by atoms with Crippen molar-refractivity contribution in [3.05, 3.63) is 59.9 Å². The molecule has 0 amide bonds. The van der Waals surface area contributed by atoms with Crippen molar-refractivity contribution < 1.29 is 4.39 Å². The number of benzene rings is 2. The Kier molecular flexibility index (Phi) is 5.68. The Labute approximate surface area is 145 Å². The molecule has 1 aliphatic heterocycles. The molecule has 0 radical (unpaired) electrons. The Balaban J connectivity index is 1.57. The molecule has 0 bridgehead atoms. The second-order valence-corrected chi connectivity index (χ2v) is 7.37. The molecule has 1 heterocycles. The van der Waals surface area contributed by atoms with Gasteiger partial charge in [-0.2, -0.15) is 0 Å². The highest BCUT2D eigenvalue weighted by atomic mass is 19.1. The van der Waals surface area contributed by atoms with Crippen LogP contribution in [0.2, 0.25) is 0 Å². The van der Waals surface area contributed by atoms with Gasteiger partial charge in [-0.1, -0.05) is 50.2 Å². The third-order valence-corrected chi connectivity index (χ3v) is 5.28. The minimum absolute atomic E-state index is 0.184. The highest BCUT2D eigenvalue weighted by Gasteiger charge is 2.17. The maximum Gasteiger partial charge on any atom is 0.123 e. The second-order valence-electron chi connectivity index (χ2n) is 7.37. The molecule has 2 aromatic carbocycles. The van der Waals surface area contributed by atoms with Crippen molar-refractivity contribution in [2.24, 2.45) is 5.92 Å².